The van der Waals surface area contributed by atoms with Crippen molar-refractivity contribution in [2.24, 2.45) is 10.9 Å². The topological polar surface area (TPSA) is 43.9 Å². The van der Waals surface area contributed by atoms with Crippen molar-refractivity contribution in [3.8, 4) is 0 Å². The third-order valence-corrected chi connectivity index (χ3v) is 1.94. The molecule has 1 aromatic rings. The predicted octanol–water partition coefficient (Wildman–Crippen LogP) is 3.46. The van der Waals surface area contributed by atoms with Crippen LogP contribution in [0.15, 0.2) is 11.1 Å². The normalized spacial score (nSPS) is 18.1. The Bertz CT molecular complexity index is 363. The Morgan fingerprint density at radius 2 is 2.07 bits per heavy atom. The zero-order valence-corrected chi connectivity index (χ0v) is 9.48. The van der Waals surface area contributed by atoms with Crippen molar-refractivity contribution in [2.75, 3.05) is 0 Å². The quantitative estimate of drug-likeness (QED) is 0.631. The third-order valence-electron chi connectivity index (χ3n) is 1.74. The van der Waals surface area contributed by atoms with Gasteiger partial charge in [-0.2, -0.15) is 0 Å². The average molecular weight is 209 g/mol. The van der Waals surface area contributed by atoms with Crippen molar-refractivity contribution in [3.63, 3.8) is 0 Å². The molecule has 1 atom stereocenters. The molecule has 0 fully saturated rings. The molecule has 0 spiro atoms. The van der Waals surface area contributed by atoms with Gasteiger partial charge in [-0.25, -0.2) is 4.99 Å². The van der Waals surface area contributed by atoms with Gasteiger partial charge in [0.1, 0.15) is 0 Å². The number of fused-ring (bicyclic) bond motifs is 1. The number of allylic oxidation sites excluding steroid dienone is 1. The molecule has 0 saturated heterocycles. The Morgan fingerprint density at radius 3 is 2.79 bits per heavy atom. The maximum absolute atomic E-state index is 4.94. The number of rotatable bonds is 0. The van der Waals surface area contributed by atoms with E-state index in [1.54, 1.807) is 0 Å². The molecule has 1 aliphatic rings. The van der Waals surface area contributed by atoms with Crippen LogP contribution in [0, 0.1) is 10.7 Å². The number of hydrogen-bond donors (Lipinski definition) is 2. The summed E-state index contributed by atoms with van der Waals surface area (Å²) in [5, 5.41) is 0. The number of nitrogens with zero attached hydrogens (tertiary/aromatic N) is 1. The Morgan fingerprint density at radius 1 is 1.36 bits per heavy atom. The standard InChI is InChI=1S/C8H9N3S.C2H6/c1-5-2-3-6-7(9-4-5)11-8(12)10-6;1-2/h2-5H,1H3,(H2,10,11,12);1-2H3. The fourth-order valence-corrected chi connectivity index (χ4v) is 1.31. The molecule has 1 unspecified atom stereocenters. The molecule has 1 aliphatic heterocycles. The van der Waals surface area contributed by atoms with E-state index < -0.39 is 0 Å². The second-order valence-corrected chi connectivity index (χ2v) is 3.25. The minimum atomic E-state index is 0.382. The lowest BCUT2D eigenvalue weighted by atomic mass is 10.2. The molecule has 0 aromatic carbocycles. The van der Waals surface area contributed by atoms with Gasteiger partial charge >= 0.3 is 0 Å². The molecule has 14 heavy (non-hydrogen) atoms. The number of imidazole rings is 1. The summed E-state index contributed by atoms with van der Waals surface area (Å²) in [4.78, 5) is 10.2. The van der Waals surface area contributed by atoms with Crippen molar-refractivity contribution < 1.29 is 0 Å². The molecule has 0 bridgehead atoms. The average Bonchev–Trinajstić information content (AvgIpc) is 2.47. The van der Waals surface area contributed by atoms with E-state index in [1.165, 1.54) is 0 Å². The van der Waals surface area contributed by atoms with Crippen molar-refractivity contribution >= 4 is 30.3 Å². The van der Waals surface area contributed by atoms with Crippen molar-refractivity contribution in [1.82, 2.24) is 9.97 Å². The summed E-state index contributed by atoms with van der Waals surface area (Å²) in [6.45, 7) is 6.08. The lowest BCUT2D eigenvalue weighted by molar-refractivity contribution is 1.03. The van der Waals surface area contributed by atoms with Crippen molar-refractivity contribution in [2.45, 2.75) is 20.8 Å². The first-order valence-corrected chi connectivity index (χ1v) is 5.21. The van der Waals surface area contributed by atoms with Crippen LogP contribution in [0.5, 0.6) is 0 Å². The van der Waals surface area contributed by atoms with Gasteiger partial charge in [-0.3, -0.25) is 0 Å². The number of hydrogen-bond acceptors (Lipinski definition) is 2. The zero-order chi connectivity index (χ0) is 10.6. The zero-order valence-electron chi connectivity index (χ0n) is 8.66. The highest BCUT2D eigenvalue weighted by Crippen LogP contribution is 2.19. The van der Waals surface area contributed by atoms with Crippen LogP contribution in [0.1, 0.15) is 26.5 Å². The maximum atomic E-state index is 4.94. The molecule has 3 nitrogen and oxygen atoms in total. The summed E-state index contributed by atoms with van der Waals surface area (Å²) in [6.07, 6.45) is 5.97. The van der Waals surface area contributed by atoms with E-state index in [4.69, 9.17) is 12.2 Å². The van der Waals surface area contributed by atoms with Crippen LogP contribution >= 0.6 is 12.2 Å². The van der Waals surface area contributed by atoms with Gasteiger partial charge in [0.15, 0.2) is 10.6 Å². The summed E-state index contributed by atoms with van der Waals surface area (Å²) in [5.74, 6) is 1.20. The van der Waals surface area contributed by atoms with Crippen LogP contribution in [0.3, 0.4) is 0 Å². The SMILES string of the molecule is CC.CC1C=Cc2[nH]c(=S)[nH]c2N=C1. The molecule has 4 heteroatoms. The van der Waals surface area contributed by atoms with Crippen molar-refractivity contribution in [1.29, 1.82) is 0 Å². The van der Waals surface area contributed by atoms with E-state index in [9.17, 15) is 0 Å². The summed E-state index contributed by atoms with van der Waals surface area (Å²) in [6, 6.07) is 0. The molecule has 0 saturated carbocycles. The minimum Gasteiger partial charge on any atom is -0.329 e. The third kappa shape index (κ3) is 2.42. The lowest BCUT2D eigenvalue weighted by Gasteiger charge is -1.90. The smallest absolute Gasteiger partial charge is 0.176 e. The number of nitrogens with one attached hydrogen (secondary N) is 2. The Labute approximate surface area is 89.0 Å². The molecule has 0 aliphatic carbocycles. The Kier molecular flexibility index (Phi) is 3.83. The van der Waals surface area contributed by atoms with Gasteiger partial charge in [0.05, 0.1) is 5.69 Å². The molecule has 2 rings (SSSR count). The van der Waals surface area contributed by atoms with Crippen LogP contribution < -0.4 is 0 Å². The second kappa shape index (κ2) is 4.91. The molecular weight excluding hydrogens is 194 g/mol. The first-order chi connectivity index (χ1) is 6.75. The molecule has 2 N–H and O–H groups in total. The van der Waals surface area contributed by atoms with Crippen LogP contribution in [0.25, 0.3) is 6.08 Å². The van der Waals surface area contributed by atoms with Gasteiger partial charge in [-0.05, 0) is 18.3 Å². The first-order valence-electron chi connectivity index (χ1n) is 4.80. The summed E-state index contributed by atoms with van der Waals surface area (Å²) < 4.78 is 0.622. The highest BCUT2D eigenvalue weighted by atomic mass is 32.1. The van der Waals surface area contributed by atoms with E-state index in [1.807, 2.05) is 26.1 Å². The lowest BCUT2D eigenvalue weighted by Crippen LogP contribution is -1.86. The van der Waals surface area contributed by atoms with Gasteiger partial charge in [-0.1, -0.05) is 26.8 Å². The highest BCUT2D eigenvalue weighted by molar-refractivity contribution is 7.71. The molecule has 76 valence electrons. The summed E-state index contributed by atoms with van der Waals surface area (Å²) in [5.41, 5.74) is 0.959. The van der Waals surface area contributed by atoms with E-state index in [0.717, 1.165) is 11.5 Å². The van der Waals surface area contributed by atoms with E-state index in [-0.39, 0.29) is 0 Å². The van der Waals surface area contributed by atoms with Crippen LogP contribution in [0.2, 0.25) is 0 Å². The predicted molar refractivity (Wildman–Crippen MR) is 63.7 cm³/mol. The maximum Gasteiger partial charge on any atom is 0.176 e. The highest BCUT2D eigenvalue weighted by Gasteiger charge is 2.04. The van der Waals surface area contributed by atoms with E-state index in [2.05, 4.69) is 28.0 Å². The summed E-state index contributed by atoms with van der Waals surface area (Å²) in [7, 11) is 0. The Balaban J connectivity index is 0.000000461. The van der Waals surface area contributed by atoms with Gasteiger partial charge in [0.2, 0.25) is 0 Å². The molecule has 2 heterocycles. The fraction of sp³-hybridized carbons (Fsp3) is 0.400. The molecule has 0 amide bonds. The Hall–Kier alpha value is -1.16. The molecule has 0 radical (unpaired) electrons. The van der Waals surface area contributed by atoms with Crippen LogP contribution in [0.4, 0.5) is 5.82 Å². The number of aliphatic imine (C=N–C) groups is 1. The van der Waals surface area contributed by atoms with Gasteiger partial charge in [-0.15, -0.1) is 0 Å². The van der Waals surface area contributed by atoms with Crippen molar-refractivity contribution in [3.05, 3.63) is 16.5 Å². The molecular formula is C10H15N3S. The fourth-order valence-electron chi connectivity index (χ4n) is 1.10. The largest absolute Gasteiger partial charge is 0.329 e. The minimum absolute atomic E-state index is 0.382. The summed E-state index contributed by atoms with van der Waals surface area (Å²) >= 11 is 4.94. The van der Waals surface area contributed by atoms with Crippen LogP contribution in [-0.2, 0) is 0 Å². The van der Waals surface area contributed by atoms with Gasteiger partial charge in [0, 0.05) is 12.1 Å². The van der Waals surface area contributed by atoms with E-state index in [0.29, 0.717) is 10.7 Å². The van der Waals surface area contributed by atoms with Gasteiger partial charge in [0.25, 0.3) is 0 Å². The number of aromatic amines is 2. The number of aromatic nitrogens is 2. The first kappa shape index (κ1) is 10.9. The van der Waals surface area contributed by atoms with E-state index >= 15 is 0 Å². The van der Waals surface area contributed by atoms with Gasteiger partial charge < -0.3 is 9.97 Å². The molecule has 1 aromatic heterocycles. The second-order valence-electron chi connectivity index (χ2n) is 2.84. The number of H-pyrrole nitrogens is 2. The monoisotopic (exact) mass is 209 g/mol. The van der Waals surface area contributed by atoms with Crippen LogP contribution in [-0.4, -0.2) is 16.2 Å².